The number of thiophene rings is 1. The van der Waals surface area contributed by atoms with Gasteiger partial charge >= 0.3 is 0 Å². The molecule has 9 aromatic carbocycles. The normalized spacial score (nSPS) is 12.3. The highest BCUT2D eigenvalue weighted by Gasteiger charge is 2.31. The second-order valence-electron chi connectivity index (χ2n) is 15.3. The first-order valence-electron chi connectivity index (χ1n) is 20.2. The van der Waals surface area contributed by atoms with Gasteiger partial charge in [-0.3, -0.25) is 9.47 Å². The Bertz CT molecular complexity index is 3350. The van der Waals surface area contributed by atoms with Gasteiger partial charge in [-0.1, -0.05) is 140 Å². The maximum atomic E-state index is 2.47. The number of para-hydroxylation sites is 3. The van der Waals surface area contributed by atoms with E-state index < -0.39 is 0 Å². The van der Waals surface area contributed by atoms with E-state index in [-0.39, 0.29) is 0 Å². The Hall–Kier alpha value is -7.40. The lowest BCUT2D eigenvalue weighted by Gasteiger charge is -2.34. The Balaban J connectivity index is 1.03. The molecule has 0 saturated heterocycles. The van der Waals surface area contributed by atoms with Crippen LogP contribution in [0, 0.1) is 0 Å². The molecule has 11 aromatic rings. The summed E-state index contributed by atoms with van der Waals surface area (Å²) in [5.41, 5.74) is 13.2. The average Bonchev–Trinajstić information content (AvgIpc) is 3.85. The second-order valence-corrected chi connectivity index (χ2v) is 16.4. The van der Waals surface area contributed by atoms with Crippen molar-refractivity contribution in [3.8, 4) is 16.8 Å². The highest BCUT2D eigenvalue weighted by Crippen LogP contribution is 2.50. The van der Waals surface area contributed by atoms with Gasteiger partial charge in [0, 0.05) is 55.6 Å². The Morgan fingerprint density at radius 2 is 1.10 bits per heavy atom. The summed E-state index contributed by atoms with van der Waals surface area (Å²) in [7, 11) is 0. The van der Waals surface area contributed by atoms with Crippen LogP contribution in [0.1, 0.15) is 11.1 Å². The summed E-state index contributed by atoms with van der Waals surface area (Å²) in [6, 6.07) is 77.6. The monoisotopic (exact) mass is 771 g/mol. The number of benzene rings is 9. The molecule has 0 fully saturated rings. The van der Waals surface area contributed by atoms with Gasteiger partial charge in [0.15, 0.2) is 0 Å². The Morgan fingerprint density at radius 3 is 1.95 bits per heavy atom. The van der Waals surface area contributed by atoms with Crippen molar-refractivity contribution in [1.82, 2.24) is 4.57 Å². The van der Waals surface area contributed by atoms with Crippen LogP contribution in [0.3, 0.4) is 0 Å². The zero-order valence-corrected chi connectivity index (χ0v) is 33.0. The number of hydrogen-bond donors (Lipinski definition) is 0. The lowest BCUT2D eigenvalue weighted by molar-refractivity contribution is 1.01. The van der Waals surface area contributed by atoms with Gasteiger partial charge in [0.05, 0.1) is 21.6 Å². The van der Waals surface area contributed by atoms with Gasteiger partial charge in [0.25, 0.3) is 0 Å². The molecule has 2 aromatic heterocycles. The lowest BCUT2D eigenvalue weighted by atomic mass is 9.96. The molecule has 4 heteroatoms. The average molecular weight is 772 g/mol. The van der Waals surface area contributed by atoms with Gasteiger partial charge in [0.1, 0.15) is 5.82 Å². The van der Waals surface area contributed by atoms with Crippen molar-refractivity contribution in [2.24, 2.45) is 0 Å². The van der Waals surface area contributed by atoms with Gasteiger partial charge in [-0.15, -0.1) is 11.3 Å². The number of aromatic nitrogens is 1. The van der Waals surface area contributed by atoms with Crippen LogP contribution in [0.5, 0.6) is 0 Å². The third kappa shape index (κ3) is 5.41. The van der Waals surface area contributed by atoms with Crippen LogP contribution in [-0.4, -0.2) is 4.57 Å². The molecule has 0 aliphatic carbocycles. The number of anilines is 6. The first kappa shape index (κ1) is 33.7. The molecule has 1 aliphatic heterocycles. The summed E-state index contributed by atoms with van der Waals surface area (Å²) in [6.07, 6.45) is 0.877. The zero-order valence-electron chi connectivity index (χ0n) is 32.2. The first-order valence-corrected chi connectivity index (χ1v) is 21.0. The van der Waals surface area contributed by atoms with Gasteiger partial charge < -0.3 is 4.90 Å². The molecule has 0 unspecified atom stereocenters. The Morgan fingerprint density at radius 1 is 0.458 bits per heavy atom. The summed E-state index contributed by atoms with van der Waals surface area (Å²) in [5, 5.41) is 6.38. The maximum absolute atomic E-state index is 2.47. The van der Waals surface area contributed by atoms with Crippen molar-refractivity contribution in [3.63, 3.8) is 0 Å². The van der Waals surface area contributed by atoms with E-state index in [0.717, 1.165) is 29.2 Å². The van der Waals surface area contributed by atoms with Crippen LogP contribution in [0.25, 0.3) is 58.7 Å². The van der Waals surface area contributed by atoms with E-state index in [1.807, 2.05) is 11.3 Å². The molecule has 0 radical (unpaired) electrons. The Labute approximate surface area is 346 Å². The van der Waals surface area contributed by atoms with Crippen LogP contribution < -0.4 is 9.80 Å². The molecule has 0 saturated carbocycles. The summed E-state index contributed by atoms with van der Waals surface area (Å²) < 4.78 is 5.02. The van der Waals surface area contributed by atoms with E-state index >= 15 is 0 Å². The minimum Gasteiger partial charge on any atom is -0.309 e. The van der Waals surface area contributed by atoms with Crippen LogP contribution in [-0.2, 0) is 6.42 Å². The van der Waals surface area contributed by atoms with Crippen LogP contribution in [0.2, 0.25) is 0 Å². The van der Waals surface area contributed by atoms with Crippen molar-refractivity contribution < 1.29 is 0 Å². The molecule has 0 spiro atoms. The van der Waals surface area contributed by atoms with E-state index in [2.05, 4.69) is 227 Å². The van der Waals surface area contributed by atoms with Crippen molar-refractivity contribution in [1.29, 1.82) is 0 Å². The van der Waals surface area contributed by atoms with Crippen LogP contribution in [0.4, 0.5) is 34.3 Å². The van der Waals surface area contributed by atoms with Gasteiger partial charge in [-0.05, 0) is 100 Å². The fourth-order valence-electron chi connectivity index (χ4n) is 9.34. The quantitative estimate of drug-likeness (QED) is 0.167. The molecule has 1 aliphatic rings. The second kappa shape index (κ2) is 13.6. The first-order chi connectivity index (χ1) is 29.3. The van der Waals surface area contributed by atoms with E-state index in [1.54, 1.807) is 0 Å². The number of nitrogens with zero attached hydrogens (tertiary/aromatic N) is 3. The largest absolute Gasteiger partial charge is 0.309 e. The predicted molar refractivity (Wildman–Crippen MR) is 251 cm³/mol. The summed E-state index contributed by atoms with van der Waals surface area (Å²) in [6.45, 7) is 0. The molecule has 0 amide bonds. The molecule has 0 N–H and O–H groups in total. The zero-order chi connectivity index (χ0) is 38.9. The molecule has 3 heterocycles. The van der Waals surface area contributed by atoms with E-state index in [0.29, 0.717) is 0 Å². The molecule has 0 atom stereocenters. The molecule has 0 bridgehead atoms. The van der Waals surface area contributed by atoms with Crippen LogP contribution >= 0.6 is 11.3 Å². The number of rotatable bonds is 6. The van der Waals surface area contributed by atoms with E-state index in [1.165, 1.54) is 81.3 Å². The fourth-order valence-corrected chi connectivity index (χ4v) is 10.5. The van der Waals surface area contributed by atoms with Crippen LogP contribution in [0.15, 0.2) is 212 Å². The SMILES string of the molecule is c1ccc(-n2c3c(c4ccccc42)Cc2ccccc2N3c2ccc(N(c3ccc(-c4cccc5ccccc45)cc3)c3cccc4c3sc3ccccc34)cc2)cc1. The number of fused-ring (bicyclic) bond motifs is 8. The molecular formula is C55H37N3S. The highest BCUT2D eigenvalue weighted by atomic mass is 32.1. The molecule has 278 valence electrons. The van der Waals surface area contributed by atoms with E-state index in [4.69, 9.17) is 0 Å². The Kier molecular flexibility index (Phi) is 7.78. The summed E-state index contributed by atoms with van der Waals surface area (Å²) in [4.78, 5) is 4.91. The van der Waals surface area contributed by atoms with Gasteiger partial charge in [-0.2, -0.15) is 0 Å². The van der Waals surface area contributed by atoms with Crippen molar-refractivity contribution in [2.45, 2.75) is 6.42 Å². The summed E-state index contributed by atoms with van der Waals surface area (Å²) >= 11 is 1.87. The maximum Gasteiger partial charge on any atom is 0.127 e. The van der Waals surface area contributed by atoms with Gasteiger partial charge in [0.2, 0.25) is 0 Å². The third-order valence-corrected chi connectivity index (χ3v) is 13.2. The van der Waals surface area contributed by atoms with Gasteiger partial charge in [-0.25, -0.2) is 0 Å². The van der Waals surface area contributed by atoms with E-state index in [9.17, 15) is 0 Å². The summed E-state index contributed by atoms with van der Waals surface area (Å²) in [5.74, 6) is 1.19. The minimum atomic E-state index is 0.877. The third-order valence-electron chi connectivity index (χ3n) is 12.0. The molecular weight excluding hydrogens is 735 g/mol. The van der Waals surface area contributed by atoms with Crippen molar-refractivity contribution in [3.05, 3.63) is 223 Å². The van der Waals surface area contributed by atoms with Crippen molar-refractivity contribution in [2.75, 3.05) is 9.80 Å². The lowest BCUT2D eigenvalue weighted by Crippen LogP contribution is -2.21. The minimum absolute atomic E-state index is 0.877. The topological polar surface area (TPSA) is 11.4 Å². The molecule has 12 rings (SSSR count). The number of hydrogen-bond acceptors (Lipinski definition) is 3. The fraction of sp³-hybridized carbons (Fsp3) is 0.0182. The predicted octanol–water partition coefficient (Wildman–Crippen LogP) is 15.7. The molecule has 3 nitrogen and oxygen atoms in total. The van der Waals surface area contributed by atoms with Crippen molar-refractivity contribution >= 4 is 87.4 Å². The molecule has 59 heavy (non-hydrogen) atoms. The smallest absolute Gasteiger partial charge is 0.127 e. The highest BCUT2D eigenvalue weighted by molar-refractivity contribution is 7.26. The standard InChI is InChI=1S/C55H37N3S/c1-2-17-40(18-3-1)58-51-25-10-7-20-46(51)49-36-39-15-5-9-24-50(39)57(55(49)58)43-34-32-42(33-35-43)56(52-26-13-23-48-47-21-8-11-27-53(47)59-54(48)52)41-30-28-38(29-31-41)45-22-12-16-37-14-4-6-19-44(37)45/h1-35H,36H2.